The molecule has 0 atom stereocenters. The maximum absolute atomic E-state index is 10.7. The molecule has 1 aromatic rings. The van der Waals surface area contributed by atoms with Crippen LogP contribution in [0, 0.1) is 0 Å². The van der Waals surface area contributed by atoms with Crippen LogP contribution in [-0.4, -0.2) is 20.7 Å². The number of nitrogens with one attached hydrogen (secondary N) is 1. The van der Waals surface area contributed by atoms with Crippen molar-refractivity contribution in [1.82, 2.24) is 0 Å². The van der Waals surface area contributed by atoms with Crippen LogP contribution in [0.25, 0.3) is 0 Å². The second-order valence-corrected chi connectivity index (χ2v) is 5.47. The second-order valence-electron chi connectivity index (χ2n) is 3.74. The van der Waals surface area contributed by atoms with Gasteiger partial charge in [-0.15, -0.1) is 0 Å². The molecule has 0 bridgehead atoms. The van der Waals surface area contributed by atoms with Crippen molar-refractivity contribution in [2.75, 3.05) is 17.6 Å². The summed E-state index contributed by atoms with van der Waals surface area (Å²) in [7, 11) is -3.37. The SMILES string of the molecule is CCCc1ccc(NCCS(N)(=O)=O)cc1. The lowest BCUT2D eigenvalue weighted by Crippen LogP contribution is -2.22. The van der Waals surface area contributed by atoms with Crippen LogP contribution in [0.3, 0.4) is 0 Å². The largest absolute Gasteiger partial charge is 0.384 e. The van der Waals surface area contributed by atoms with E-state index in [4.69, 9.17) is 5.14 Å². The summed E-state index contributed by atoms with van der Waals surface area (Å²) < 4.78 is 21.4. The molecule has 0 radical (unpaired) electrons. The van der Waals surface area contributed by atoms with Crippen LogP contribution in [0.1, 0.15) is 18.9 Å². The average molecular weight is 242 g/mol. The monoisotopic (exact) mass is 242 g/mol. The molecule has 0 unspecified atom stereocenters. The van der Waals surface area contributed by atoms with Gasteiger partial charge in [-0.2, -0.15) is 0 Å². The molecule has 0 aliphatic heterocycles. The van der Waals surface area contributed by atoms with Gasteiger partial charge in [0.15, 0.2) is 0 Å². The molecule has 0 fully saturated rings. The number of primary sulfonamides is 1. The maximum Gasteiger partial charge on any atom is 0.210 e. The van der Waals surface area contributed by atoms with Crippen LogP contribution in [0.15, 0.2) is 24.3 Å². The summed E-state index contributed by atoms with van der Waals surface area (Å²) in [6.45, 7) is 2.48. The predicted molar refractivity (Wildman–Crippen MR) is 66.9 cm³/mol. The van der Waals surface area contributed by atoms with Gasteiger partial charge in [0.05, 0.1) is 5.75 Å². The van der Waals surface area contributed by atoms with Crippen LogP contribution in [0.5, 0.6) is 0 Å². The van der Waals surface area contributed by atoms with Crippen LogP contribution < -0.4 is 10.5 Å². The molecule has 3 N–H and O–H groups in total. The molecule has 0 aromatic heterocycles. The van der Waals surface area contributed by atoms with Crippen molar-refractivity contribution in [3.8, 4) is 0 Å². The molecular formula is C11H18N2O2S. The molecule has 1 rings (SSSR count). The van der Waals surface area contributed by atoms with E-state index in [9.17, 15) is 8.42 Å². The van der Waals surface area contributed by atoms with Gasteiger partial charge in [0.1, 0.15) is 0 Å². The summed E-state index contributed by atoms with van der Waals surface area (Å²) in [6, 6.07) is 7.99. The normalized spacial score (nSPS) is 11.4. The lowest BCUT2D eigenvalue weighted by Gasteiger charge is -2.06. The molecule has 0 heterocycles. The predicted octanol–water partition coefficient (Wildman–Crippen LogP) is 1.34. The summed E-state index contributed by atoms with van der Waals surface area (Å²) in [4.78, 5) is 0. The minimum Gasteiger partial charge on any atom is -0.384 e. The standard InChI is InChI=1S/C11H18N2O2S/c1-2-3-10-4-6-11(7-5-10)13-8-9-16(12,14)15/h4-7,13H,2-3,8-9H2,1H3,(H2,12,14,15). The molecule has 0 spiro atoms. The molecule has 0 saturated carbocycles. The topological polar surface area (TPSA) is 72.2 Å². The Balaban J connectivity index is 2.43. The Morgan fingerprint density at radius 1 is 1.25 bits per heavy atom. The van der Waals surface area contributed by atoms with Gasteiger partial charge in [-0.25, -0.2) is 13.6 Å². The minimum absolute atomic E-state index is 0.0519. The van der Waals surface area contributed by atoms with E-state index in [1.54, 1.807) is 0 Å². The fraction of sp³-hybridized carbons (Fsp3) is 0.455. The zero-order valence-corrected chi connectivity index (χ0v) is 10.3. The van der Waals surface area contributed by atoms with Crippen LogP contribution in [0.4, 0.5) is 5.69 Å². The van der Waals surface area contributed by atoms with Gasteiger partial charge in [-0.05, 0) is 24.1 Å². The summed E-state index contributed by atoms with van der Waals surface area (Å²) in [5, 5.41) is 7.91. The third-order valence-corrected chi connectivity index (χ3v) is 2.98. The van der Waals surface area contributed by atoms with Gasteiger partial charge in [0.25, 0.3) is 0 Å². The highest BCUT2D eigenvalue weighted by atomic mass is 32.2. The van der Waals surface area contributed by atoms with E-state index in [1.807, 2.05) is 24.3 Å². The maximum atomic E-state index is 10.7. The Labute approximate surface area is 96.9 Å². The van der Waals surface area contributed by atoms with Gasteiger partial charge >= 0.3 is 0 Å². The van der Waals surface area contributed by atoms with Crippen LogP contribution >= 0.6 is 0 Å². The summed E-state index contributed by atoms with van der Waals surface area (Å²) in [6.07, 6.45) is 2.19. The number of nitrogens with two attached hydrogens (primary N) is 1. The third-order valence-electron chi connectivity index (χ3n) is 2.21. The third kappa shape index (κ3) is 5.14. The number of aryl methyl sites for hydroxylation is 1. The van der Waals surface area contributed by atoms with Gasteiger partial charge in [-0.3, -0.25) is 0 Å². The fourth-order valence-corrected chi connectivity index (χ4v) is 1.80. The number of anilines is 1. The molecule has 0 aliphatic carbocycles. The lowest BCUT2D eigenvalue weighted by molar-refractivity contribution is 0.598. The first-order valence-corrected chi connectivity index (χ1v) is 7.06. The van der Waals surface area contributed by atoms with E-state index >= 15 is 0 Å². The number of hydrogen-bond donors (Lipinski definition) is 2. The molecular weight excluding hydrogens is 224 g/mol. The van der Waals surface area contributed by atoms with Crippen molar-refractivity contribution in [3.05, 3.63) is 29.8 Å². The lowest BCUT2D eigenvalue weighted by atomic mass is 10.1. The zero-order chi connectivity index (χ0) is 12.0. The van der Waals surface area contributed by atoms with Crippen LogP contribution in [0.2, 0.25) is 0 Å². The Hall–Kier alpha value is -1.07. The number of hydrogen-bond acceptors (Lipinski definition) is 3. The van der Waals surface area contributed by atoms with Gasteiger partial charge in [0, 0.05) is 12.2 Å². The molecule has 5 heteroatoms. The van der Waals surface area contributed by atoms with Gasteiger partial charge < -0.3 is 5.32 Å². The quantitative estimate of drug-likeness (QED) is 0.790. The molecule has 90 valence electrons. The van der Waals surface area contributed by atoms with E-state index < -0.39 is 10.0 Å². The van der Waals surface area contributed by atoms with E-state index in [1.165, 1.54) is 5.56 Å². The molecule has 0 aliphatic rings. The highest BCUT2D eigenvalue weighted by Gasteiger charge is 2.01. The van der Waals surface area contributed by atoms with Crippen molar-refractivity contribution in [2.45, 2.75) is 19.8 Å². The van der Waals surface area contributed by atoms with Gasteiger partial charge in [0.2, 0.25) is 10.0 Å². The van der Waals surface area contributed by atoms with Crippen molar-refractivity contribution < 1.29 is 8.42 Å². The zero-order valence-electron chi connectivity index (χ0n) is 9.44. The molecule has 0 amide bonds. The number of sulfonamides is 1. The summed E-state index contributed by atoms with van der Waals surface area (Å²) >= 11 is 0. The molecule has 4 nitrogen and oxygen atoms in total. The molecule has 0 saturated heterocycles. The van der Waals surface area contributed by atoms with E-state index in [0.29, 0.717) is 6.54 Å². The minimum atomic E-state index is -3.37. The second kappa shape index (κ2) is 5.86. The Morgan fingerprint density at radius 2 is 1.88 bits per heavy atom. The Bertz CT molecular complexity index is 412. The Morgan fingerprint density at radius 3 is 2.38 bits per heavy atom. The highest BCUT2D eigenvalue weighted by Crippen LogP contribution is 2.10. The summed E-state index contributed by atoms with van der Waals surface area (Å²) in [5.74, 6) is -0.0519. The fourth-order valence-electron chi connectivity index (χ4n) is 1.42. The van der Waals surface area contributed by atoms with Crippen molar-refractivity contribution >= 4 is 15.7 Å². The number of benzene rings is 1. The average Bonchev–Trinajstić information content (AvgIpc) is 2.19. The van der Waals surface area contributed by atoms with E-state index in [-0.39, 0.29) is 5.75 Å². The van der Waals surface area contributed by atoms with E-state index in [2.05, 4.69) is 12.2 Å². The smallest absolute Gasteiger partial charge is 0.210 e. The van der Waals surface area contributed by atoms with Crippen LogP contribution in [-0.2, 0) is 16.4 Å². The van der Waals surface area contributed by atoms with E-state index in [0.717, 1.165) is 18.5 Å². The molecule has 16 heavy (non-hydrogen) atoms. The van der Waals surface area contributed by atoms with Crippen molar-refractivity contribution in [1.29, 1.82) is 0 Å². The first kappa shape index (κ1) is 13.0. The highest BCUT2D eigenvalue weighted by molar-refractivity contribution is 7.89. The van der Waals surface area contributed by atoms with Gasteiger partial charge in [-0.1, -0.05) is 25.5 Å². The first-order valence-electron chi connectivity index (χ1n) is 5.34. The summed E-state index contributed by atoms with van der Waals surface area (Å²) in [5.41, 5.74) is 2.21. The van der Waals surface area contributed by atoms with Crippen molar-refractivity contribution in [3.63, 3.8) is 0 Å². The first-order chi connectivity index (χ1) is 7.51. The Kier molecular flexibility index (Phi) is 4.76. The molecule has 1 aromatic carbocycles. The van der Waals surface area contributed by atoms with Crippen molar-refractivity contribution in [2.24, 2.45) is 5.14 Å². The number of rotatable bonds is 6.